The van der Waals surface area contributed by atoms with Crippen LogP contribution in [0.2, 0.25) is 5.02 Å². The molecule has 0 radical (unpaired) electrons. The minimum absolute atomic E-state index is 0.0000165. The number of benzene rings is 2. The van der Waals surface area contributed by atoms with Crippen LogP contribution in [0.5, 0.6) is 5.75 Å². The Kier molecular flexibility index (Phi) is 7.93. The Bertz CT molecular complexity index is 1120. The molecule has 9 heteroatoms. The van der Waals surface area contributed by atoms with Crippen LogP contribution in [0.3, 0.4) is 0 Å². The molecule has 2 amide bonds. The highest BCUT2D eigenvalue weighted by molar-refractivity contribution is 6.30. The number of carbonyl (C=O) groups excluding carboxylic acids is 1. The standard InChI is InChI=1S/C27H33ClFN3O4/c1-17(2)16-32(19-6-4-3-5-7-19)24-11-9-20(36-27(12-13-27)25(33)34)15-23(24)31-26(35)30-22-10-8-18(28)14-21(22)29/h8-11,14-15,17,19H,3-7,12-13,16H2,1-2H3,(H,33,34)(H2,30,31,35). The number of hydrogen-bond donors (Lipinski definition) is 3. The minimum Gasteiger partial charge on any atom is -0.478 e. The Hall–Kier alpha value is -3.00. The molecule has 0 bridgehead atoms. The molecule has 2 aliphatic carbocycles. The first-order chi connectivity index (χ1) is 17.2. The van der Waals surface area contributed by atoms with E-state index in [9.17, 15) is 19.1 Å². The van der Waals surface area contributed by atoms with Crippen molar-refractivity contribution in [2.45, 2.75) is 70.4 Å². The van der Waals surface area contributed by atoms with E-state index < -0.39 is 23.4 Å². The van der Waals surface area contributed by atoms with E-state index in [0.717, 1.165) is 44.0 Å². The van der Waals surface area contributed by atoms with Gasteiger partial charge in [0.05, 0.1) is 17.1 Å². The highest BCUT2D eigenvalue weighted by atomic mass is 35.5. The lowest BCUT2D eigenvalue weighted by Crippen LogP contribution is -2.40. The number of nitrogens with one attached hydrogen (secondary N) is 2. The van der Waals surface area contributed by atoms with E-state index in [1.54, 1.807) is 12.1 Å². The normalized spacial score (nSPS) is 16.9. The van der Waals surface area contributed by atoms with Gasteiger partial charge in [-0.25, -0.2) is 14.0 Å². The van der Waals surface area contributed by atoms with Crippen molar-refractivity contribution in [3.8, 4) is 5.75 Å². The van der Waals surface area contributed by atoms with Crippen LogP contribution in [0, 0.1) is 11.7 Å². The maximum atomic E-state index is 14.3. The van der Waals surface area contributed by atoms with Crippen molar-refractivity contribution in [1.29, 1.82) is 0 Å². The van der Waals surface area contributed by atoms with Gasteiger partial charge in [0.1, 0.15) is 11.6 Å². The second kappa shape index (κ2) is 10.9. The maximum Gasteiger partial charge on any atom is 0.348 e. The fraction of sp³-hybridized carbons (Fsp3) is 0.481. The summed E-state index contributed by atoms with van der Waals surface area (Å²) in [6, 6.07) is 9.03. The molecule has 0 heterocycles. The largest absolute Gasteiger partial charge is 0.478 e. The summed E-state index contributed by atoms with van der Waals surface area (Å²) in [7, 11) is 0. The molecule has 2 saturated carbocycles. The maximum absolute atomic E-state index is 14.3. The average Bonchev–Trinajstić information content (AvgIpc) is 3.61. The molecular weight excluding hydrogens is 485 g/mol. The van der Waals surface area contributed by atoms with Crippen molar-refractivity contribution in [3.05, 3.63) is 47.2 Å². The number of hydrogen-bond acceptors (Lipinski definition) is 4. The molecule has 2 aliphatic rings. The van der Waals surface area contributed by atoms with Crippen molar-refractivity contribution in [2.24, 2.45) is 5.92 Å². The first-order valence-corrected chi connectivity index (χ1v) is 12.9. The fourth-order valence-electron chi connectivity index (χ4n) is 4.72. The first kappa shape index (κ1) is 26.1. The van der Waals surface area contributed by atoms with Crippen LogP contribution in [0.1, 0.15) is 58.8 Å². The van der Waals surface area contributed by atoms with Crippen LogP contribution in [0.15, 0.2) is 36.4 Å². The van der Waals surface area contributed by atoms with Crippen LogP contribution < -0.4 is 20.3 Å². The monoisotopic (exact) mass is 517 g/mol. The Balaban J connectivity index is 1.65. The third-order valence-electron chi connectivity index (χ3n) is 6.69. The van der Waals surface area contributed by atoms with Crippen molar-refractivity contribution >= 4 is 40.7 Å². The summed E-state index contributed by atoms with van der Waals surface area (Å²) in [4.78, 5) is 26.9. The van der Waals surface area contributed by atoms with Gasteiger partial charge in [0.15, 0.2) is 0 Å². The van der Waals surface area contributed by atoms with Gasteiger partial charge in [-0.1, -0.05) is 44.7 Å². The smallest absolute Gasteiger partial charge is 0.348 e. The molecule has 36 heavy (non-hydrogen) atoms. The number of amides is 2. The Morgan fingerprint density at radius 3 is 2.42 bits per heavy atom. The molecule has 2 aromatic rings. The number of rotatable bonds is 9. The number of carboxylic acids is 1. The fourth-order valence-corrected chi connectivity index (χ4v) is 4.88. The Morgan fingerprint density at radius 2 is 1.81 bits per heavy atom. The van der Waals surface area contributed by atoms with Gasteiger partial charge < -0.3 is 25.4 Å². The van der Waals surface area contributed by atoms with Gasteiger partial charge in [0.2, 0.25) is 5.60 Å². The third kappa shape index (κ3) is 6.22. The number of halogens is 2. The lowest BCUT2D eigenvalue weighted by atomic mass is 9.93. The Morgan fingerprint density at radius 1 is 1.11 bits per heavy atom. The van der Waals surface area contributed by atoms with Crippen molar-refractivity contribution in [1.82, 2.24) is 0 Å². The summed E-state index contributed by atoms with van der Waals surface area (Å²) in [5.74, 6) is -0.898. The van der Waals surface area contributed by atoms with Crippen LogP contribution >= 0.6 is 11.6 Å². The van der Waals surface area contributed by atoms with E-state index in [0.29, 0.717) is 36.2 Å². The SMILES string of the molecule is CC(C)CN(c1ccc(OC2(C(=O)O)CC2)cc1NC(=O)Nc1ccc(Cl)cc1F)C1CCCCC1. The number of carboxylic acid groups (broad SMARTS) is 1. The van der Waals surface area contributed by atoms with E-state index in [1.165, 1.54) is 18.6 Å². The molecular formula is C27H33ClFN3O4. The first-order valence-electron chi connectivity index (χ1n) is 12.5. The number of anilines is 3. The second-order valence-electron chi connectivity index (χ2n) is 10.1. The summed E-state index contributed by atoms with van der Waals surface area (Å²) in [5.41, 5.74) is 0.0932. The summed E-state index contributed by atoms with van der Waals surface area (Å²) >= 11 is 5.82. The molecule has 2 fully saturated rings. The molecule has 3 N–H and O–H groups in total. The van der Waals surface area contributed by atoms with Gasteiger partial charge in [-0.2, -0.15) is 0 Å². The van der Waals surface area contributed by atoms with Crippen LogP contribution in [0.25, 0.3) is 0 Å². The topological polar surface area (TPSA) is 90.9 Å². The van der Waals surface area contributed by atoms with E-state index in [4.69, 9.17) is 16.3 Å². The molecule has 7 nitrogen and oxygen atoms in total. The molecule has 194 valence electrons. The van der Waals surface area contributed by atoms with Crippen molar-refractivity contribution in [2.75, 3.05) is 22.1 Å². The zero-order valence-electron chi connectivity index (χ0n) is 20.7. The van der Waals surface area contributed by atoms with Gasteiger partial charge >= 0.3 is 12.0 Å². The predicted octanol–water partition coefficient (Wildman–Crippen LogP) is 6.91. The van der Waals surface area contributed by atoms with Gasteiger partial charge in [0.25, 0.3) is 0 Å². The predicted molar refractivity (Wildman–Crippen MR) is 140 cm³/mol. The van der Waals surface area contributed by atoms with Gasteiger partial charge in [-0.15, -0.1) is 0 Å². The highest BCUT2D eigenvalue weighted by Crippen LogP contribution is 2.43. The zero-order chi connectivity index (χ0) is 25.9. The Labute approximate surface area is 216 Å². The highest BCUT2D eigenvalue weighted by Gasteiger charge is 2.53. The third-order valence-corrected chi connectivity index (χ3v) is 6.92. The van der Waals surface area contributed by atoms with Gasteiger partial charge in [-0.05, 0) is 49.1 Å². The van der Waals surface area contributed by atoms with Crippen LogP contribution in [0.4, 0.5) is 26.2 Å². The number of nitrogens with zero attached hydrogens (tertiary/aromatic N) is 1. The van der Waals surface area contributed by atoms with Gasteiger partial charge in [-0.3, -0.25) is 0 Å². The number of aliphatic carboxylic acids is 1. The van der Waals surface area contributed by atoms with Crippen molar-refractivity contribution < 1.29 is 23.8 Å². The lowest BCUT2D eigenvalue weighted by Gasteiger charge is -2.38. The zero-order valence-corrected chi connectivity index (χ0v) is 21.4. The summed E-state index contributed by atoms with van der Waals surface area (Å²) in [6.07, 6.45) is 6.52. The summed E-state index contributed by atoms with van der Waals surface area (Å²) in [6.45, 7) is 5.10. The van der Waals surface area contributed by atoms with Crippen molar-refractivity contribution in [3.63, 3.8) is 0 Å². The summed E-state index contributed by atoms with van der Waals surface area (Å²) < 4.78 is 20.1. The molecule has 4 rings (SSSR count). The van der Waals surface area contributed by atoms with E-state index in [-0.39, 0.29) is 10.7 Å². The van der Waals surface area contributed by atoms with Crippen LogP contribution in [-0.2, 0) is 4.79 Å². The molecule has 0 spiro atoms. The quantitative estimate of drug-likeness (QED) is 0.336. The average molecular weight is 518 g/mol. The molecule has 0 aliphatic heterocycles. The van der Waals surface area contributed by atoms with E-state index >= 15 is 0 Å². The number of urea groups is 1. The number of carbonyl (C=O) groups is 2. The molecule has 0 saturated heterocycles. The van der Waals surface area contributed by atoms with Crippen LogP contribution in [-0.4, -0.2) is 35.3 Å². The minimum atomic E-state index is -1.21. The molecule has 2 aromatic carbocycles. The van der Waals surface area contributed by atoms with E-state index in [2.05, 4.69) is 29.4 Å². The lowest BCUT2D eigenvalue weighted by molar-refractivity contribution is -0.147. The second-order valence-corrected chi connectivity index (χ2v) is 10.6. The summed E-state index contributed by atoms with van der Waals surface area (Å²) in [5, 5.41) is 15.2. The molecule has 0 aromatic heterocycles. The molecule has 0 unspecified atom stereocenters. The number of ether oxygens (including phenoxy) is 1. The van der Waals surface area contributed by atoms with Gasteiger partial charge in [0, 0.05) is 36.5 Å². The van der Waals surface area contributed by atoms with E-state index in [1.807, 2.05) is 6.07 Å². The molecule has 0 atom stereocenters.